The van der Waals surface area contributed by atoms with Gasteiger partial charge in [0.05, 0.1) is 11.8 Å². The van der Waals surface area contributed by atoms with Gasteiger partial charge in [-0.1, -0.05) is 30.9 Å². The predicted octanol–water partition coefficient (Wildman–Crippen LogP) is 2.54. The molecule has 1 aromatic carbocycles. The number of rotatable bonds is 5. The Kier molecular flexibility index (Phi) is 5.58. The lowest BCUT2D eigenvalue weighted by atomic mass is 10.1. The molecule has 158 valence electrons. The molecule has 0 aliphatic carbocycles. The summed E-state index contributed by atoms with van der Waals surface area (Å²) in [6.07, 6.45) is 4.19. The standard InChI is InChI=1S/C23H24N6O2/c1-4-11-29-22(30)19-21(28(5-2)23(29)31)26-20(25-19)18-14-24-27(15-18)12-7-10-17-9-6-8-16(3)13-17/h6,8-9,13-15H,4-5,11-12H2,1-3H3,(H,25,26). The van der Waals surface area contributed by atoms with Gasteiger partial charge in [-0.3, -0.25) is 18.6 Å². The molecular weight excluding hydrogens is 392 g/mol. The molecule has 3 heterocycles. The molecule has 0 aliphatic heterocycles. The Morgan fingerprint density at radius 2 is 2.00 bits per heavy atom. The van der Waals surface area contributed by atoms with Crippen molar-refractivity contribution in [3.05, 3.63) is 68.6 Å². The fourth-order valence-electron chi connectivity index (χ4n) is 3.53. The second-order valence-corrected chi connectivity index (χ2v) is 7.37. The summed E-state index contributed by atoms with van der Waals surface area (Å²) in [5.41, 5.74) is 2.88. The predicted molar refractivity (Wildman–Crippen MR) is 120 cm³/mol. The maximum atomic E-state index is 12.8. The van der Waals surface area contributed by atoms with E-state index in [-0.39, 0.29) is 11.2 Å². The van der Waals surface area contributed by atoms with E-state index in [0.29, 0.717) is 43.0 Å². The fraction of sp³-hybridized carbons (Fsp3) is 0.304. The molecular formula is C23H24N6O2. The Labute approximate surface area is 179 Å². The molecule has 8 nitrogen and oxygen atoms in total. The Morgan fingerprint density at radius 1 is 1.16 bits per heavy atom. The molecule has 0 radical (unpaired) electrons. The van der Waals surface area contributed by atoms with Gasteiger partial charge in [0.15, 0.2) is 5.65 Å². The van der Waals surface area contributed by atoms with Crippen LogP contribution in [-0.4, -0.2) is 28.9 Å². The molecule has 0 saturated heterocycles. The van der Waals surface area contributed by atoms with E-state index in [2.05, 4.69) is 26.9 Å². The molecule has 0 saturated carbocycles. The number of hydrogen-bond donors (Lipinski definition) is 1. The van der Waals surface area contributed by atoms with Crippen LogP contribution >= 0.6 is 0 Å². The molecule has 1 N–H and O–H groups in total. The van der Waals surface area contributed by atoms with Gasteiger partial charge >= 0.3 is 5.69 Å². The molecule has 0 unspecified atom stereocenters. The smallest absolute Gasteiger partial charge is 0.332 e. The Hall–Kier alpha value is -3.86. The minimum Gasteiger partial charge on any atom is -0.332 e. The third-order valence-electron chi connectivity index (χ3n) is 5.02. The second kappa shape index (κ2) is 8.48. The molecule has 0 amide bonds. The largest absolute Gasteiger partial charge is 0.332 e. The van der Waals surface area contributed by atoms with Crippen LogP contribution in [-0.2, 0) is 19.6 Å². The van der Waals surface area contributed by atoms with Gasteiger partial charge in [0.2, 0.25) is 0 Å². The van der Waals surface area contributed by atoms with Crippen molar-refractivity contribution in [3.8, 4) is 23.2 Å². The first kappa shape index (κ1) is 20.4. The first-order chi connectivity index (χ1) is 15.0. The van der Waals surface area contributed by atoms with Crippen molar-refractivity contribution in [1.82, 2.24) is 28.9 Å². The number of nitrogens with one attached hydrogen (secondary N) is 1. The van der Waals surface area contributed by atoms with Crippen molar-refractivity contribution in [3.63, 3.8) is 0 Å². The van der Waals surface area contributed by atoms with E-state index in [9.17, 15) is 9.59 Å². The molecule has 31 heavy (non-hydrogen) atoms. The van der Waals surface area contributed by atoms with Crippen LogP contribution in [0.2, 0.25) is 0 Å². The summed E-state index contributed by atoms with van der Waals surface area (Å²) in [6, 6.07) is 8.03. The van der Waals surface area contributed by atoms with Crippen molar-refractivity contribution < 1.29 is 0 Å². The number of aryl methyl sites for hydroxylation is 2. The highest BCUT2D eigenvalue weighted by atomic mass is 16.2. The minimum atomic E-state index is -0.346. The molecule has 0 bridgehead atoms. The average Bonchev–Trinajstić information content (AvgIpc) is 3.39. The first-order valence-corrected chi connectivity index (χ1v) is 10.3. The maximum Gasteiger partial charge on any atom is 0.332 e. The SMILES string of the molecule is CCCn1c(=O)c2[nH]c(-c3cnn(CC#Cc4cccc(C)c4)c3)nc2n(CC)c1=O. The van der Waals surface area contributed by atoms with Gasteiger partial charge in [-0.25, -0.2) is 9.78 Å². The highest BCUT2D eigenvalue weighted by Gasteiger charge is 2.17. The Bertz CT molecular complexity index is 1420. The van der Waals surface area contributed by atoms with Crippen LogP contribution in [0.15, 0.2) is 46.2 Å². The first-order valence-electron chi connectivity index (χ1n) is 10.3. The highest BCUT2D eigenvalue weighted by molar-refractivity contribution is 5.75. The van der Waals surface area contributed by atoms with E-state index in [0.717, 1.165) is 11.1 Å². The van der Waals surface area contributed by atoms with Gasteiger partial charge in [-0.2, -0.15) is 5.10 Å². The van der Waals surface area contributed by atoms with Gasteiger partial charge < -0.3 is 4.98 Å². The van der Waals surface area contributed by atoms with Gasteiger partial charge in [0.25, 0.3) is 5.56 Å². The number of nitrogens with zero attached hydrogens (tertiary/aromatic N) is 5. The number of hydrogen-bond acceptors (Lipinski definition) is 4. The Balaban J connectivity index is 1.66. The van der Waals surface area contributed by atoms with Crippen LogP contribution in [0.4, 0.5) is 0 Å². The van der Waals surface area contributed by atoms with Crippen molar-refractivity contribution >= 4 is 11.2 Å². The van der Waals surface area contributed by atoms with E-state index in [1.807, 2.05) is 51.2 Å². The number of aromatic nitrogens is 6. The van der Waals surface area contributed by atoms with Gasteiger partial charge in [-0.05, 0) is 38.0 Å². The summed E-state index contributed by atoms with van der Waals surface area (Å²) in [5, 5.41) is 4.34. The highest BCUT2D eigenvalue weighted by Crippen LogP contribution is 2.17. The molecule has 4 rings (SSSR count). The normalized spacial score (nSPS) is 10.9. The third-order valence-corrected chi connectivity index (χ3v) is 5.02. The number of aromatic amines is 1. The zero-order valence-electron chi connectivity index (χ0n) is 17.8. The van der Waals surface area contributed by atoms with Crippen LogP contribution in [0.25, 0.3) is 22.6 Å². The molecule has 0 spiro atoms. The lowest BCUT2D eigenvalue weighted by Gasteiger charge is -2.07. The third kappa shape index (κ3) is 3.94. The number of H-pyrrole nitrogens is 1. The van der Waals surface area contributed by atoms with Crippen molar-refractivity contribution in [2.24, 2.45) is 0 Å². The second-order valence-electron chi connectivity index (χ2n) is 7.37. The average molecular weight is 416 g/mol. The van der Waals surface area contributed by atoms with E-state index < -0.39 is 0 Å². The Morgan fingerprint density at radius 3 is 2.74 bits per heavy atom. The summed E-state index contributed by atoms with van der Waals surface area (Å²) >= 11 is 0. The fourth-order valence-corrected chi connectivity index (χ4v) is 3.53. The number of imidazole rings is 1. The number of benzene rings is 1. The van der Waals surface area contributed by atoms with E-state index in [1.165, 1.54) is 14.7 Å². The van der Waals surface area contributed by atoms with Crippen molar-refractivity contribution in [1.29, 1.82) is 0 Å². The van der Waals surface area contributed by atoms with E-state index >= 15 is 0 Å². The van der Waals surface area contributed by atoms with Crippen molar-refractivity contribution in [2.45, 2.75) is 46.8 Å². The molecule has 0 atom stereocenters. The summed E-state index contributed by atoms with van der Waals surface area (Å²) in [4.78, 5) is 33.1. The lowest BCUT2D eigenvalue weighted by molar-refractivity contribution is 0.572. The lowest BCUT2D eigenvalue weighted by Crippen LogP contribution is -2.39. The molecule has 3 aromatic heterocycles. The van der Waals surface area contributed by atoms with Gasteiger partial charge in [0.1, 0.15) is 17.9 Å². The van der Waals surface area contributed by atoms with E-state index in [1.54, 1.807) is 10.9 Å². The van der Waals surface area contributed by atoms with Gasteiger partial charge in [0, 0.05) is 24.8 Å². The summed E-state index contributed by atoms with van der Waals surface area (Å²) < 4.78 is 4.50. The zero-order chi connectivity index (χ0) is 22.0. The van der Waals surface area contributed by atoms with Crippen LogP contribution in [0, 0.1) is 18.8 Å². The molecule has 0 aliphatic rings. The summed E-state index contributed by atoms with van der Waals surface area (Å²) in [7, 11) is 0. The monoisotopic (exact) mass is 416 g/mol. The molecule has 4 aromatic rings. The minimum absolute atomic E-state index is 0.330. The topological polar surface area (TPSA) is 90.5 Å². The van der Waals surface area contributed by atoms with Crippen LogP contribution in [0.3, 0.4) is 0 Å². The molecule has 0 fully saturated rings. The van der Waals surface area contributed by atoms with E-state index in [4.69, 9.17) is 0 Å². The van der Waals surface area contributed by atoms with Crippen LogP contribution < -0.4 is 11.2 Å². The number of fused-ring (bicyclic) bond motifs is 1. The summed E-state index contributed by atoms with van der Waals surface area (Å²) in [5.74, 6) is 6.75. The quantitative estimate of drug-likeness (QED) is 0.506. The van der Waals surface area contributed by atoms with Crippen LogP contribution in [0.5, 0.6) is 0 Å². The van der Waals surface area contributed by atoms with Crippen molar-refractivity contribution in [2.75, 3.05) is 0 Å². The van der Waals surface area contributed by atoms with Gasteiger partial charge in [-0.15, -0.1) is 0 Å². The maximum absolute atomic E-state index is 12.8. The molecule has 8 heteroatoms. The summed E-state index contributed by atoms with van der Waals surface area (Å²) in [6.45, 7) is 7.06. The van der Waals surface area contributed by atoms with Crippen LogP contribution in [0.1, 0.15) is 31.4 Å². The zero-order valence-corrected chi connectivity index (χ0v) is 17.8.